The Bertz CT molecular complexity index is 1310. The van der Waals surface area contributed by atoms with E-state index < -0.39 is 0 Å². The van der Waals surface area contributed by atoms with Gasteiger partial charge in [-0.1, -0.05) is 80.6 Å². The number of nitrogens with zero attached hydrogens (tertiary/aromatic N) is 2. The number of esters is 1. The lowest BCUT2D eigenvalue weighted by molar-refractivity contribution is -0.134. The van der Waals surface area contributed by atoms with Crippen LogP contribution in [0.3, 0.4) is 0 Å². The summed E-state index contributed by atoms with van der Waals surface area (Å²) < 4.78 is 4.78. The summed E-state index contributed by atoms with van der Waals surface area (Å²) in [6.45, 7) is 7.86. The molecule has 41 heavy (non-hydrogen) atoms. The monoisotopic (exact) mass is 555 g/mol. The molecule has 1 heterocycles. The highest BCUT2D eigenvalue weighted by molar-refractivity contribution is 5.89. The van der Waals surface area contributed by atoms with Crippen molar-refractivity contribution < 1.29 is 19.1 Å². The van der Waals surface area contributed by atoms with E-state index in [1.807, 2.05) is 73.3 Å². The van der Waals surface area contributed by atoms with Gasteiger partial charge in [-0.3, -0.25) is 14.5 Å². The molecule has 0 unspecified atom stereocenters. The van der Waals surface area contributed by atoms with Gasteiger partial charge in [-0.15, -0.1) is 0 Å². The number of hydrogen-bond acceptors (Lipinski definition) is 5. The Kier molecular flexibility index (Phi) is 10.3. The Labute approximate surface area is 243 Å². The SMILES string of the molecule is COC(=O)c1ccc(CCc2ccccc2CN2CCN(C(=O)CNC(=O)CC(C)(C)c3ccccc3)CC2)cc1. The van der Waals surface area contributed by atoms with E-state index in [-0.39, 0.29) is 29.7 Å². The van der Waals surface area contributed by atoms with Crippen LogP contribution in [0.5, 0.6) is 0 Å². The van der Waals surface area contributed by atoms with E-state index in [0.717, 1.165) is 38.0 Å². The van der Waals surface area contributed by atoms with Crippen molar-refractivity contribution in [2.45, 2.75) is 45.1 Å². The number of hydrogen-bond donors (Lipinski definition) is 1. The van der Waals surface area contributed by atoms with E-state index in [1.54, 1.807) is 0 Å². The lowest BCUT2D eigenvalue weighted by atomic mass is 9.81. The zero-order valence-corrected chi connectivity index (χ0v) is 24.4. The number of aryl methyl sites for hydroxylation is 2. The topological polar surface area (TPSA) is 79.0 Å². The van der Waals surface area contributed by atoms with Gasteiger partial charge in [0.2, 0.25) is 11.8 Å². The maximum Gasteiger partial charge on any atom is 0.337 e. The lowest BCUT2D eigenvalue weighted by Gasteiger charge is -2.35. The van der Waals surface area contributed by atoms with Crippen molar-refractivity contribution in [1.29, 1.82) is 0 Å². The molecule has 0 atom stereocenters. The Morgan fingerprint density at radius 3 is 2.10 bits per heavy atom. The number of rotatable bonds is 11. The number of methoxy groups -OCH3 is 1. The molecule has 1 N–H and O–H groups in total. The smallest absolute Gasteiger partial charge is 0.337 e. The number of benzene rings is 3. The van der Waals surface area contributed by atoms with Crippen molar-refractivity contribution in [3.8, 4) is 0 Å². The molecule has 2 amide bonds. The minimum absolute atomic E-state index is 0.0332. The molecule has 0 aromatic heterocycles. The molecule has 216 valence electrons. The summed E-state index contributed by atoms with van der Waals surface area (Å²) in [5, 5.41) is 2.84. The molecular weight excluding hydrogens is 514 g/mol. The van der Waals surface area contributed by atoms with E-state index in [9.17, 15) is 14.4 Å². The van der Waals surface area contributed by atoms with Crippen LogP contribution in [-0.4, -0.2) is 67.4 Å². The summed E-state index contributed by atoms with van der Waals surface area (Å²) in [7, 11) is 1.39. The second-order valence-corrected chi connectivity index (χ2v) is 11.3. The van der Waals surface area contributed by atoms with Crippen molar-refractivity contribution in [3.05, 3.63) is 107 Å². The molecule has 3 aromatic rings. The molecule has 1 saturated heterocycles. The maximum atomic E-state index is 12.8. The summed E-state index contributed by atoms with van der Waals surface area (Å²) in [5.74, 6) is -0.465. The molecule has 0 spiro atoms. The zero-order chi connectivity index (χ0) is 29.2. The molecule has 0 saturated carbocycles. The Morgan fingerprint density at radius 1 is 0.805 bits per heavy atom. The number of carbonyl (C=O) groups is 3. The average Bonchev–Trinajstić information content (AvgIpc) is 3.00. The first kappa shape index (κ1) is 30.0. The fraction of sp³-hybridized carbons (Fsp3) is 0.382. The highest BCUT2D eigenvalue weighted by atomic mass is 16.5. The van der Waals surface area contributed by atoms with Gasteiger partial charge in [0, 0.05) is 39.1 Å². The third-order valence-electron chi connectivity index (χ3n) is 7.89. The summed E-state index contributed by atoms with van der Waals surface area (Å²) in [4.78, 5) is 41.3. The van der Waals surface area contributed by atoms with Gasteiger partial charge in [-0.05, 0) is 52.6 Å². The van der Waals surface area contributed by atoms with Crippen LogP contribution in [-0.2, 0) is 39.1 Å². The van der Waals surface area contributed by atoms with Crippen molar-refractivity contribution in [3.63, 3.8) is 0 Å². The highest BCUT2D eigenvalue weighted by Gasteiger charge is 2.26. The second-order valence-electron chi connectivity index (χ2n) is 11.3. The predicted octanol–water partition coefficient (Wildman–Crippen LogP) is 4.39. The Hall–Kier alpha value is -3.97. The summed E-state index contributed by atoms with van der Waals surface area (Å²) in [6, 6.07) is 26.1. The van der Waals surface area contributed by atoms with E-state index in [1.165, 1.54) is 23.8 Å². The summed E-state index contributed by atoms with van der Waals surface area (Å²) in [5.41, 5.74) is 5.15. The normalized spacial score (nSPS) is 14.0. The predicted molar refractivity (Wildman–Crippen MR) is 161 cm³/mol. The fourth-order valence-electron chi connectivity index (χ4n) is 5.30. The summed E-state index contributed by atoms with van der Waals surface area (Å²) >= 11 is 0. The number of nitrogens with one attached hydrogen (secondary N) is 1. The van der Waals surface area contributed by atoms with E-state index in [4.69, 9.17) is 4.74 Å². The third-order valence-corrected chi connectivity index (χ3v) is 7.89. The molecule has 3 aromatic carbocycles. The molecule has 0 bridgehead atoms. The van der Waals surface area contributed by atoms with Gasteiger partial charge in [0.1, 0.15) is 0 Å². The molecule has 1 aliphatic rings. The summed E-state index contributed by atoms with van der Waals surface area (Å²) in [6.07, 6.45) is 2.12. The number of amides is 2. The maximum absolute atomic E-state index is 12.8. The Balaban J connectivity index is 1.21. The van der Waals surface area contributed by atoms with E-state index in [0.29, 0.717) is 25.1 Å². The molecule has 1 aliphatic heterocycles. The molecule has 0 aliphatic carbocycles. The van der Waals surface area contributed by atoms with Crippen molar-refractivity contribution in [2.75, 3.05) is 39.8 Å². The Morgan fingerprint density at radius 2 is 1.44 bits per heavy atom. The van der Waals surface area contributed by atoms with Gasteiger partial charge in [0.15, 0.2) is 0 Å². The van der Waals surface area contributed by atoms with Crippen LogP contribution < -0.4 is 5.32 Å². The molecule has 7 nitrogen and oxygen atoms in total. The third kappa shape index (κ3) is 8.51. The molecular formula is C34H41N3O4. The molecule has 1 fully saturated rings. The largest absolute Gasteiger partial charge is 0.465 e. The van der Waals surface area contributed by atoms with Crippen LogP contribution in [0.4, 0.5) is 0 Å². The number of piperazine rings is 1. The molecule has 4 rings (SSSR count). The van der Waals surface area contributed by atoms with E-state index in [2.05, 4.69) is 34.5 Å². The van der Waals surface area contributed by atoms with Crippen molar-refractivity contribution >= 4 is 17.8 Å². The minimum atomic E-state index is -0.323. The average molecular weight is 556 g/mol. The molecule has 0 radical (unpaired) electrons. The highest BCUT2D eigenvalue weighted by Crippen LogP contribution is 2.26. The van der Waals surface area contributed by atoms with Crippen molar-refractivity contribution in [2.24, 2.45) is 0 Å². The first-order valence-electron chi connectivity index (χ1n) is 14.3. The van der Waals surface area contributed by atoms with Gasteiger partial charge in [-0.25, -0.2) is 4.79 Å². The number of ether oxygens (including phenoxy) is 1. The fourth-order valence-corrected chi connectivity index (χ4v) is 5.30. The van der Waals surface area contributed by atoms with Crippen LogP contribution >= 0.6 is 0 Å². The van der Waals surface area contributed by atoms with Crippen LogP contribution in [0.1, 0.15) is 52.9 Å². The van der Waals surface area contributed by atoms with Gasteiger partial charge in [0.25, 0.3) is 0 Å². The van der Waals surface area contributed by atoms with Crippen LogP contribution in [0.15, 0.2) is 78.9 Å². The van der Waals surface area contributed by atoms with Gasteiger partial charge >= 0.3 is 5.97 Å². The van der Waals surface area contributed by atoms with Gasteiger partial charge < -0.3 is 15.0 Å². The first-order valence-corrected chi connectivity index (χ1v) is 14.3. The second kappa shape index (κ2) is 14.1. The molecule has 7 heteroatoms. The van der Waals surface area contributed by atoms with Crippen LogP contribution in [0, 0.1) is 0 Å². The van der Waals surface area contributed by atoms with E-state index >= 15 is 0 Å². The van der Waals surface area contributed by atoms with Gasteiger partial charge in [0.05, 0.1) is 19.2 Å². The van der Waals surface area contributed by atoms with Gasteiger partial charge in [-0.2, -0.15) is 0 Å². The minimum Gasteiger partial charge on any atom is -0.465 e. The van der Waals surface area contributed by atoms with Crippen molar-refractivity contribution in [1.82, 2.24) is 15.1 Å². The quantitative estimate of drug-likeness (QED) is 0.355. The van der Waals surface area contributed by atoms with Crippen LogP contribution in [0.25, 0.3) is 0 Å². The zero-order valence-electron chi connectivity index (χ0n) is 24.4. The standard InChI is InChI=1S/C34H41N3O4/c1-34(2,30-11-5-4-6-12-30)23-31(38)35-24-32(39)37-21-19-36(20-22-37)25-29-10-8-7-9-27(29)16-13-26-14-17-28(18-15-26)33(40)41-3/h4-12,14-15,17-18H,13,16,19-25H2,1-3H3,(H,35,38). The first-order chi connectivity index (χ1) is 19.7. The lowest BCUT2D eigenvalue weighted by Crippen LogP contribution is -2.51. The number of carbonyl (C=O) groups excluding carboxylic acids is 3. The van der Waals surface area contributed by atoms with Crippen LogP contribution in [0.2, 0.25) is 0 Å².